The summed E-state index contributed by atoms with van der Waals surface area (Å²) < 4.78 is 2.15. The summed E-state index contributed by atoms with van der Waals surface area (Å²) >= 11 is 1.51. The van der Waals surface area contributed by atoms with Crippen LogP contribution in [0, 0.1) is 6.92 Å². The first kappa shape index (κ1) is 17.4. The Kier molecular flexibility index (Phi) is 4.19. The maximum absolute atomic E-state index is 12.8. The lowest BCUT2D eigenvalue weighted by Crippen LogP contribution is -2.14. The molecule has 0 bridgehead atoms. The number of carbonyl (C=O) groups is 2. The van der Waals surface area contributed by atoms with E-state index in [1.807, 2.05) is 31.2 Å². The highest BCUT2D eigenvalue weighted by molar-refractivity contribution is 7.20. The van der Waals surface area contributed by atoms with Crippen LogP contribution in [-0.4, -0.2) is 21.6 Å². The van der Waals surface area contributed by atoms with Gasteiger partial charge >= 0.3 is 0 Å². The van der Waals surface area contributed by atoms with Gasteiger partial charge in [0.05, 0.1) is 23.0 Å². The van der Waals surface area contributed by atoms with Crippen molar-refractivity contribution in [2.45, 2.75) is 51.5 Å². The number of amides is 2. The van der Waals surface area contributed by atoms with Crippen LogP contribution < -0.4 is 10.6 Å². The van der Waals surface area contributed by atoms with Crippen molar-refractivity contribution in [3.05, 3.63) is 40.4 Å². The van der Waals surface area contributed by atoms with Crippen molar-refractivity contribution in [2.24, 2.45) is 0 Å². The molecular weight excluding hydrogens is 372 g/mol. The van der Waals surface area contributed by atoms with Gasteiger partial charge in [-0.2, -0.15) is 5.10 Å². The van der Waals surface area contributed by atoms with Crippen molar-refractivity contribution in [1.82, 2.24) is 9.78 Å². The molecule has 0 radical (unpaired) electrons. The van der Waals surface area contributed by atoms with Crippen molar-refractivity contribution < 1.29 is 9.59 Å². The fourth-order valence-corrected chi connectivity index (χ4v) is 5.39. The third-order valence-corrected chi connectivity index (χ3v) is 6.82. The van der Waals surface area contributed by atoms with Gasteiger partial charge in [-0.3, -0.25) is 14.3 Å². The number of nitrogens with zero attached hydrogens (tertiary/aromatic N) is 2. The van der Waals surface area contributed by atoms with E-state index in [0.29, 0.717) is 23.0 Å². The Bertz CT molecular complexity index is 1090. The zero-order valence-electron chi connectivity index (χ0n) is 15.7. The Labute approximate surface area is 166 Å². The molecule has 2 aromatic heterocycles. The Morgan fingerprint density at radius 2 is 2.07 bits per heavy atom. The predicted molar refractivity (Wildman–Crippen MR) is 111 cm³/mol. The molecule has 0 saturated heterocycles. The Morgan fingerprint density at radius 1 is 1.25 bits per heavy atom. The van der Waals surface area contributed by atoms with Gasteiger partial charge in [0.2, 0.25) is 5.91 Å². The van der Waals surface area contributed by atoms with Gasteiger partial charge in [-0.25, -0.2) is 0 Å². The van der Waals surface area contributed by atoms with Crippen LogP contribution in [-0.2, 0) is 11.2 Å². The summed E-state index contributed by atoms with van der Waals surface area (Å²) in [5.74, 6) is -0.126. The van der Waals surface area contributed by atoms with Gasteiger partial charge in [0.25, 0.3) is 5.91 Å². The van der Waals surface area contributed by atoms with E-state index in [0.717, 1.165) is 40.0 Å². The maximum Gasteiger partial charge on any atom is 0.265 e. The summed E-state index contributed by atoms with van der Waals surface area (Å²) in [5.41, 5.74) is 3.44. The molecule has 7 heteroatoms. The molecule has 0 spiro atoms. The predicted octanol–water partition coefficient (Wildman–Crippen LogP) is 4.66. The van der Waals surface area contributed by atoms with Gasteiger partial charge in [-0.1, -0.05) is 19.3 Å². The van der Waals surface area contributed by atoms with Gasteiger partial charge in [0.15, 0.2) is 0 Å². The number of hydrogen-bond donors (Lipinski definition) is 2. The highest BCUT2D eigenvalue weighted by atomic mass is 32.1. The second-order valence-corrected chi connectivity index (χ2v) is 8.73. The molecule has 3 heterocycles. The summed E-state index contributed by atoms with van der Waals surface area (Å²) in [6.07, 6.45) is 6.49. The van der Waals surface area contributed by atoms with E-state index in [-0.39, 0.29) is 11.8 Å². The molecule has 1 fully saturated rings. The van der Waals surface area contributed by atoms with E-state index in [1.54, 1.807) is 0 Å². The van der Waals surface area contributed by atoms with Crippen molar-refractivity contribution in [2.75, 3.05) is 10.6 Å². The minimum atomic E-state index is -0.118. The van der Waals surface area contributed by atoms with Crippen molar-refractivity contribution in [3.8, 4) is 0 Å². The zero-order valence-corrected chi connectivity index (χ0v) is 16.6. The molecule has 0 unspecified atom stereocenters. The van der Waals surface area contributed by atoms with Gasteiger partial charge in [0, 0.05) is 16.8 Å². The van der Waals surface area contributed by atoms with Gasteiger partial charge < -0.3 is 10.6 Å². The number of carbonyl (C=O) groups excluding carboxylic acids is 2. The van der Waals surface area contributed by atoms with Crippen LogP contribution in [0.25, 0.3) is 10.2 Å². The first-order valence-corrected chi connectivity index (χ1v) is 10.6. The number of rotatable bonds is 3. The lowest BCUT2D eigenvalue weighted by molar-refractivity contribution is -0.115. The van der Waals surface area contributed by atoms with E-state index in [1.165, 1.54) is 30.6 Å². The number of thiophene rings is 1. The number of aromatic nitrogens is 2. The molecule has 1 saturated carbocycles. The molecule has 28 heavy (non-hydrogen) atoms. The van der Waals surface area contributed by atoms with Crippen LogP contribution in [0.5, 0.6) is 0 Å². The van der Waals surface area contributed by atoms with Crippen molar-refractivity contribution in [1.29, 1.82) is 0 Å². The SMILES string of the molecule is Cc1nn(C2CCCCC2)c2sc(C(=O)Nc3ccc4c(c3)CC(=O)N4)cc12. The number of anilines is 2. The highest BCUT2D eigenvalue weighted by Gasteiger charge is 2.23. The smallest absolute Gasteiger partial charge is 0.265 e. The first-order chi connectivity index (χ1) is 13.6. The number of nitrogens with one attached hydrogen (secondary N) is 2. The second kappa shape index (κ2) is 6.74. The molecule has 3 aromatic rings. The Hall–Kier alpha value is -2.67. The third-order valence-electron chi connectivity index (χ3n) is 5.70. The lowest BCUT2D eigenvalue weighted by Gasteiger charge is -2.22. The summed E-state index contributed by atoms with van der Waals surface area (Å²) in [6, 6.07) is 7.93. The Balaban J connectivity index is 1.41. The summed E-state index contributed by atoms with van der Waals surface area (Å²) in [4.78, 5) is 26.1. The van der Waals surface area contributed by atoms with Gasteiger partial charge in [-0.05, 0) is 49.6 Å². The maximum atomic E-state index is 12.8. The van der Waals surface area contributed by atoms with E-state index in [2.05, 4.69) is 15.3 Å². The van der Waals surface area contributed by atoms with Gasteiger partial charge in [-0.15, -0.1) is 11.3 Å². The summed E-state index contributed by atoms with van der Waals surface area (Å²) in [7, 11) is 0. The highest BCUT2D eigenvalue weighted by Crippen LogP contribution is 2.36. The van der Waals surface area contributed by atoms with Crippen LogP contribution in [0.3, 0.4) is 0 Å². The molecule has 0 atom stereocenters. The van der Waals surface area contributed by atoms with Crippen LogP contribution in [0.4, 0.5) is 11.4 Å². The van der Waals surface area contributed by atoms with E-state index in [4.69, 9.17) is 5.10 Å². The quantitative estimate of drug-likeness (QED) is 0.678. The third kappa shape index (κ3) is 2.99. The number of benzene rings is 1. The summed E-state index contributed by atoms with van der Waals surface area (Å²) in [5, 5.41) is 11.6. The van der Waals surface area contributed by atoms with Crippen molar-refractivity contribution in [3.63, 3.8) is 0 Å². The average molecular weight is 395 g/mol. The topological polar surface area (TPSA) is 76.0 Å². The van der Waals surface area contributed by atoms with E-state index < -0.39 is 0 Å². The van der Waals surface area contributed by atoms with Crippen LogP contribution >= 0.6 is 11.3 Å². The minimum absolute atomic E-state index is 0.00859. The molecule has 2 aliphatic rings. The van der Waals surface area contributed by atoms with Crippen LogP contribution in [0.15, 0.2) is 24.3 Å². The molecule has 1 aliphatic heterocycles. The largest absolute Gasteiger partial charge is 0.326 e. The molecule has 2 amide bonds. The van der Waals surface area contributed by atoms with E-state index in [9.17, 15) is 9.59 Å². The standard InChI is InChI=1S/C21H22N4O2S/c1-12-16-11-18(28-21(16)25(24-12)15-5-3-2-4-6-15)20(27)22-14-7-8-17-13(9-14)10-19(26)23-17/h7-9,11,15H,2-6,10H2,1H3,(H,22,27)(H,23,26). The Morgan fingerprint density at radius 3 is 2.89 bits per heavy atom. The van der Waals surface area contributed by atoms with E-state index >= 15 is 0 Å². The van der Waals surface area contributed by atoms with Crippen LogP contribution in [0.1, 0.15) is 59.1 Å². The molecule has 1 aliphatic carbocycles. The fourth-order valence-electron chi connectivity index (χ4n) is 4.26. The summed E-state index contributed by atoms with van der Waals surface area (Å²) in [6.45, 7) is 2.01. The lowest BCUT2D eigenvalue weighted by atomic mass is 9.96. The molecular formula is C21H22N4O2S. The number of aryl methyl sites for hydroxylation is 1. The van der Waals surface area contributed by atoms with Gasteiger partial charge in [0.1, 0.15) is 4.83 Å². The first-order valence-electron chi connectivity index (χ1n) is 9.81. The normalized spacial score (nSPS) is 17.0. The molecule has 144 valence electrons. The molecule has 2 N–H and O–H groups in total. The molecule has 6 nitrogen and oxygen atoms in total. The number of hydrogen-bond acceptors (Lipinski definition) is 4. The minimum Gasteiger partial charge on any atom is -0.326 e. The number of fused-ring (bicyclic) bond motifs is 2. The molecule has 5 rings (SSSR count). The molecule has 1 aromatic carbocycles. The second-order valence-electron chi connectivity index (χ2n) is 7.70. The van der Waals surface area contributed by atoms with Crippen molar-refractivity contribution >= 4 is 44.7 Å². The average Bonchev–Trinajstić information content (AvgIpc) is 3.36. The van der Waals surface area contributed by atoms with Crippen LogP contribution in [0.2, 0.25) is 0 Å². The zero-order chi connectivity index (χ0) is 19.3. The fraction of sp³-hybridized carbons (Fsp3) is 0.381. The monoisotopic (exact) mass is 394 g/mol.